The van der Waals surface area contributed by atoms with Gasteiger partial charge in [0.1, 0.15) is 0 Å². The number of hydrogen-bond donors (Lipinski definition) is 2. The van der Waals surface area contributed by atoms with Crippen LogP contribution in [0.4, 0.5) is 0 Å². The van der Waals surface area contributed by atoms with Gasteiger partial charge < -0.3 is 16.0 Å². The molecule has 1 fully saturated rings. The van der Waals surface area contributed by atoms with Crippen LogP contribution in [0.1, 0.15) is 25.5 Å². The molecule has 3 N–H and O–H groups in total. The number of aromatic nitrogens is 3. The monoisotopic (exact) mass is 402 g/mol. The summed E-state index contributed by atoms with van der Waals surface area (Å²) >= 11 is 0. The summed E-state index contributed by atoms with van der Waals surface area (Å²) in [6.45, 7) is 2.78. The number of fused-ring (bicyclic) bond motifs is 1. The highest BCUT2D eigenvalue weighted by atomic mass is 35.5. The summed E-state index contributed by atoms with van der Waals surface area (Å²) in [7, 11) is 0. The smallest absolute Gasteiger partial charge is 0.233 e. The molecule has 3 rings (SSSR count). The number of nitrogens with zero attached hydrogens (tertiary/aromatic N) is 4. The zero-order chi connectivity index (χ0) is 17.1. The molecule has 0 aliphatic carbocycles. The highest BCUT2D eigenvalue weighted by Crippen LogP contribution is 2.16. The molecule has 0 saturated carbocycles. The van der Waals surface area contributed by atoms with Crippen molar-refractivity contribution in [3.05, 3.63) is 30.4 Å². The van der Waals surface area contributed by atoms with Gasteiger partial charge in [0.2, 0.25) is 17.6 Å². The van der Waals surface area contributed by atoms with Gasteiger partial charge in [0.05, 0.1) is 18.2 Å². The van der Waals surface area contributed by atoms with Crippen LogP contribution >= 0.6 is 24.8 Å². The van der Waals surface area contributed by atoms with Crippen LogP contribution in [0.5, 0.6) is 0 Å². The molecular formula is C16H24Cl2N6O2. The van der Waals surface area contributed by atoms with E-state index >= 15 is 0 Å². The summed E-state index contributed by atoms with van der Waals surface area (Å²) in [6, 6.07) is 1.75. The van der Waals surface area contributed by atoms with E-state index in [2.05, 4.69) is 15.3 Å². The van der Waals surface area contributed by atoms with Gasteiger partial charge in [0, 0.05) is 44.6 Å². The van der Waals surface area contributed by atoms with E-state index in [0.29, 0.717) is 31.8 Å². The fourth-order valence-electron chi connectivity index (χ4n) is 2.98. The Balaban J connectivity index is 0.00000169. The first-order chi connectivity index (χ1) is 11.5. The number of carbonyl (C=O) groups is 2. The van der Waals surface area contributed by atoms with E-state index < -0.39 is 0 Å². The van der Waals surface area contributed by atoms with Crippen LogP contribution < -0.4 is 11.1 Å². The molecule has 0 aromatic carbocycles. The van der Waals surface area contributed by atoms with E-state index in [4.69, 9.17) is 5.73 Å². The highest BCUT2D eigenvalue weighted by molar-refractivity contribution is 5.85. The average molecular weight is 403 g/mol. The second-order valence-corrected chi connectivity index (χ2v) is 6.24. The molecule has 8 nitrogen and oxygen atoms in total. The Bertz CT molecular complexity index is 720. The van der Waals surface area contributed by atoms with Crippen LogP contribution in [-0.2, 0) is 16.1 Å². The predicted octanol–water partition coefficient (Wildman–Crippen LogP) is 0.775. The lowest BCUT2D eigenvalue weighted by Crippen LogP contribution is -2.42. The van der Waals surface area contributed by atoms with Crippen molar-refractivity contribution in [2.45, 2.75) is 32.4 Å². The van der Waals surface area contributed by atoms with Gasteiger partial charge >= 0.3 is 0 Å². The van der Waals surface area contributed by atoms with Crippen LogP contribution in [0.2, 0.25) is 0 Å². The molecule has 0 unspecified atom stereocenters. The van der Waals surface area contributed by atoms with Gasteiger partial charge in [0.25, 0.3) is 0 Å². The zero-order valence-electron chi connectivity index (χ0n) is 14.5. The molecule has 1 aliphatic rings. The lowest BCUT2D eigenvalue weighted by molar-refractivity contribution is -0.131. The van der Waals surface area contributed by atoms with Crippen molar-refractivity contribution in [3.8, 4) is 0 Å². The molecule has 0 bridgehead atoms. The second-order valence-electron chi connectivity index (χ2n) is 6.24. The third kappa shape index (κ3) is 5.30. The molecule has 1 aliphatic heterocycles. The molecule has 2 aromatic heterocycles. The van der Waals surface area contributed by atoms with Gasteiger partial charge in [-0.1, -0.05) is 0 Å². The number of nitrogens with two attached hydrogens (primary N) is 1. The fourth-order valence-corrected chi connectivity index (χ4v) is 2.98. The standard InChI is InChI=1S/C16H22N6O2.2ClH/c1-11(23)22-8-12(3-4-13(17)9-22)15(24)19-7-14-10-21-6-2-5-18-16(21)20-14;;/h2,5-6,10,12-13H,3-4,7-9,17H2,1H3,(H,19,24);2*1H/t12-,13+;;/m1../s1. The SMILES string of the molecule is CC(=O)N1C[C@@H](N)CC[C@@H](C(=O)NCc2cn3cccnc3n2)C1.Cl.Cl. The van der Waals surface area contributed by atoms with E-state index in [9.17, 15) is 9.59 Å². The largest absolute Gasteiger partial charge is 0.350 e. The minimum absolute atomic E-state index is 0. The van der Waals surface area contributed by atoms with E-state index in [1.807, 2.05) is 22.9 Å². The molecule has 1 saturated heterocycles. The van der Waals surface area contributed by atoms with E-state index in [1.54, 1.807) is 11.1 Å². The van der Waals surface area contributed by atoms with Crippen LogP contribution in [0.25, 0.3) is 5.78 Å². The molecule has 0 spiro atoms. The summed E-state index contributed by atoms with van der Waals surface area (Å²) in [4.78, 5) is 34.3. The molecule has 2 amide bonds. The zero-order valence-corrected chi connectivity index (χ0v) is 16.1. The van der Waals surface area contributed by atoms with E-state index in [-0.39, 0.29) is 48.6 Å². The molecule has 2 aromatic rings. The molecule has 3 heterocycles. The lowest BCUT2D eigenvalue weighted by Gasteiger charge is -2.23. The Morgan fingerprint density at radius 1 is 1.31 bits per heavy atom. The normalized spacial score (nSPS) is 19.8. The number of imidazole rings is 1. The van der Waals surface area contributed by atoms with Crippen molar-refractivity contribution < 1.29 is 9.59 Å². The minimum atomic E-state index is -0.238. The Hall–Kier alpha value is -1.90. The molecule has 144 valence electrons. The number of rotatable bonds is 3. The van der Waals surface area contributed by atoms with Crippen molar-refractivity contribution in [1.82, 2.24) is 24.6 Å². The first kappa shape index (κ1) is 22.1. The summed E-state index contributed by atoms with van der Waals surface area (Å²) in [5.41, 5.74) is 6.73. The maximum Gasteiger partial charge on any atom is 0.233 e. The first-order valence-electron chi connectivity index (χ1n) is 8.10. The number of halogens is 2. The van der Waals surface area contributed by atoms with Gasteiger partial charge in [-0.15, -0.1) is 24.8 Å². The Labute approximate surface area is 164 Å². The highest BCUT2D eigenvalue weighted by Gasteiger charge is 2.28. The number of carbonyl (C=O) groups excluding carboxylic acids is 2. The first-order valence-corrected chi connectivity index (χ1v) is 8.10. The molecular weight excluding hydrogens is 379 g/mol. The second kappa shape index (κ2) is 9.70. The van der Waals surface area contributed by atoms with Crippen molar-refractivity contribution >= 4 is 42.4 Å². The van der Waals surface area contributed by atoms with Gasteiger partial charge in [-0.2, -0.15) is 0 Å². The predicted molar refractivity (Wildman–Crippen MR) is 102 cm³/mol. The molecule has 2 atom stereocenters. The summed E-state index contributed by atoms with van der Waals surface area (Å²) < 4.78 is 1.81. The van der Waals surface area contributed by atoms with Crippen LogP contribution in [-0.4, -0.2) is 50.2 Å². The number of amides is 2. The van der Waals surface area contributed by atoms with Crippen LogP contribution in [0, 0.1) is 5.92 Å². The fraction of sp³-hybridized carbons (Fsp3) is 0.500. The summed E-state index contributed by atoms with van der Waals surface area (Å²) in [6.07, 6.45) is 6.80. The Morgan fingerprint density at radius 3 is 2.77 bits per heavy atom. The van der Waals surface area contributed by atoms with Crippen molar-refractivity contribution in [2.75, 3.05) is 13.1 Å². The minimum Gasteiger partial charge on any atom is -0.350 e. The molecule has 10 heteroatoms. The maximum atomic E-state index is 12.5. The summed E-state index contributed by atoms with van der Waals surface area (Å²) in [5, 5.41) is 2.91. The van der Waals surface area contributed by atoms with Crippen LogP contribution in [0.3, 0.4) is 0 Å². The molecule has 26 heavy (non-hydrogen) atoms. The molecule has 0 radical (unpaired) electrons. The quantitative estimate of drug-likeness (QED) is 0.788. The van der Waals surface area contributed by atoms with E-state index in [0.717, 1.165) is 12.1 Å². The van der Waals surface area contributed by atoms with Gasteiger partial charge in [-0.05, 0) is 18.9 Å². The Kier molecular flexibility index (Phi) is 8.26. The van der Waals surface area contributed by atoms with E-state index in [1.165, 1.54) is 6.92 Å². The van der Waals surface area contributed by atoms with Gasteiger partial charge in [0.15, 0.2) is 0 Å². The topological polar surface area (TPSA) is 106 Å². The van der Waals surface area contributed by atoms with Gasteiger partial charge in [-0.25, -0.2) is 9.97 Å². The van der Waals surface area contributed by atoms with Crippen molar-refractivity contribution in [2.24, 2.45) is 11.7 Å². The third-order valence-electron chi connectivity index (χ3n) is 4.33. The van der Waals surface area contributed by atoms with Crippen molar-refractivity contribution in [1.29, 1.82) is 0 Å². The number of nitrogens with one attached hydrogen (secondary N) is 1. The number of likely N-dealkylation sites (tertiary alicyclic amines) is 1. The van der Waals surface area contributed by atoms with Gasteiger partial charge in [-0.3, -0.25) is 14.0 Å². The third-order valence-corrected chi connectivity index (χ3v) is 4.33. The maximum absolute atomic E-state index is 12.5. The number of hydrogen-bond acceptors (Lipinski definition) is 5. The Morgan fingerprint density at radius 2 is 2.08 bits per heavy atom. The van der Waals surface area contributed by atoms with Crippen LogP contribution in [0.15, 0.2) is 24.7 Å². The average Bonchev–Trinajstić information content (AvgIpc) is 2.87. The lowest BCUT2D eigenvalue weighted by atomic mass is 10.0. The summed E-state index contributed by atoms with van der Waals surface area (Å²) in [5.74, 6) is 0.250. The van der Waals surface area contributed by atoms with Crippen molar-refractivity contribution in [3.63, 3.8) is 0 Å².